The molecular weight excluding hydrogens is 322 g/mol. The summed E-state index contributed by atoms with van der Waals surface area (Å²) in [7, 11) is 0. The first-order valence-corrected chi connectivity index (χ1v) is 9.17. The van der Waals surface area contributed by atoms with Gasteiger partial charge in [-0.15, -0.1) is 0 Å². The van der Waals surface area contributed by atoms with Gasteiger partial charge in [0.1, 0.15) is 6.10 Å². The Kier molecular flexibility index (Phi) is 6.53. The molecule has 0 N–H and O–H groups in total. The van der Waals surface area contributed by atoms with Crippen molar-refractivity contribution in [1.29, 1.82) is 0 Å². The van der Waals surface area contributed by atoms with Crippen LogP contribution in [-0.4, -0.2) is 11.6 Å². The Morgan fingerprint density at radius 3 is 2.62 bits per heavy atom. The van der Waals surface area contributed by atoms with Crippen molar-refractivity contribution in [2.75, 3.05) is 6.61 Å². The lowest BCUT2D eigenvalue weighted by molar-refractivity contribution is -0.0145. The van der Waals surface area contributed by atoms with E-state index in [0.717, 1.165) is 5.56 Å². The van der Waals surface area contributed by atoms with E-state index in [1.54, 1.807) is 6.20 Å². The Morgan fingerprint density at radius 1 is 1.00 bits per heavy atom. The van der Waals surface area contributed by atoms with Gasteiger partial charge in [0.25, 0.3) is 0 Å². The molecule has 0 bridgehead atoms. The molecule has 0 aliphatic carbocycles. The summed E-state index contributed by atoms with van der Waals surface area (Å²) in [4.78, 5) is 4.22. The number of aromatic nitrogens is 1. The van der Waals surface area contributed by atoms with E-state index in [-0.39, 0.29) is 6.10 Å². The first kappa shape index (κ1) is 18.3. The summed E-state index contributed by atoms with van der Waals surface area (Å²) >= 11 is 0. The van der Waals surface area contributed by atoms with Gasteiger partial charge in [-0.25, -0.2) is 0 Å². The van der Waals surface area contributed by atoms with Crippen LogP contribution in [0.15, 0.2) is 73.1 Å². The Labute approximate surface area is 155 Å². The van der Waals surface area contributed by atoms with Crippen LogP contribution in [0.1, 0.15) is 36.6 Å². The van der Waals surface area contributed by atoms with Crippen LogP contribution in [0, 0.1) is 0 Å². The molecule has 134 valence electrons. The highest BCUT2D eigenvalue weighted by Gasteiger charge is 2.25. The molecule has 26 heavy (non-hydrogen) atoms. The molecule has 3 aromatic rings. The van der Waals surface area contributed by atoms with Gasteiger partial charge in [0.05, 0.1) is 19.8 Å². The van der Waals surface area contributed by atoms with Crippen LogP contribution in [-0.2, 0) is 22.7 Å². The smallest absolute Gasteiger partial charge is 0.107 e. The van der Waals surface area contributed by atoms with E-state index in [9.17, 15) is 0 Å². The maximum absolute atomic E-state index is 5.98. The fraction of sp³-hybridized carbons (Fsp3) is 0.261. The molecule has 1 aromatic heterocycles. The molecule has 0 amide bonds. The van der Waals surface area contributed by atoms with Gasteiger partial charge < -0.3 is 9.47 Å². The van der Waals surface area contributed by atoms with E-state index >= 15 is 0 Å². The first-order valence-electron chi connectivity index (χ1n) is 9.17. The second kappa shape index (κ2) is 9.27. The Balaban J connectivity index is 0.000000948. The molecule has 1 unspecified atom stereocenters. The minimum atomic E-state index is 0.000309. The monoisotopic (exact) mass is 347 g/mol. The molecule has 2 heterocycles. The van der Waals surface area contributed by atoms with Crippen molar-refractivity contribution >= 4 is 0 Å². The van der Waals surface area contributed by atoms with Crippen LogP contribution >= 0.6 is 0 Å². The minimum absolute atomic E-state index is 0.000309. The number of hydrogen-bond acceptors (Lipinski definition) is 3. The number of rotatable bonds is 5. The molecule has 3 heteroatoms. The highest BCUT2D eigenvalue weighted by Crippen LogP contribution is 2.37. The SMILES string of the molecule is CC.c1ccc(COCC2OCc3c(-c4cccnc4)cccc32)cc1. The van der Waals surface area contributed by atoms with Gasteiger partial charge in [-0.3, -0.25) is 4.98 Å². The van der Waals surface area contributed by atoms with Gasteiger partial charge in [-0.05, 0) is 28.3 Å². The van der Waals surface area contributed by atoms with Crippen LogP contribution in [0.3, 0.4) is 0 Å². The van der Waals surface area contributed by atoms with E-state index in [4.69, 9.17) is 9.47 Å². The van der Waals surface area contributed by atoms with Crippen molar-refractivity contribution in [2.24, 2.45) is 0 Å². The van der Waals surface area contributed by atoms with E-state index in [2.05, 4.69) is 41.4 Å². The zero-order valence-corrected chi connectivity index (χ0v) is 15.4. The van der Waals surface area contributed by atoms with Crippen LogP contribution in [0.2, 0.25) is 0 Å². The molecular formula is C23H25NO2. The Morgan fingerprint density at radius 2 is 1.85 bits per heavy atom. The van der Waals surface area contributed by atoms with Gasteiger partial charge in [-0.2, -0.15) is 0 Å². The predicted molar refractivity (Wildman–Crippen MR) is 105 cm³/mol. The third-order valence-electron chi connectivity index (χ3n) is 4.34. The summed E-state index contributed by atoms with van der Waals surface area (Å²) in [6, 6.07) is 20.6. The molecule has 0 saturated heterocycles. The summed E-state index contributed by atoms with van der Waals surface area (Å²) in [6.45, 7) is 5.80. The minimum Gasteiger partial charge on any atom is -0.374 e. The van der Waals surface area contributed by atoms with Gasteiger partial charge in [0, 0.05) is 18.0 Å². The van der Waals surface area contributed by atoms with Crippen molar-refractivity contribution in [3.63, 3.8) is 0 Å². The second-order valence-electron chi connectivity index (χ2n) is 5.92. The number of fused-ring (bicyclic) bond motifs is 1. The average molecular weight is 347 g/mol. The first-order chi connectivity index (χ1) is 12.9. The van der Waals surface area contributed by atoms with Gasteiger partial charge in [0.15, 0.2) is 0 Å². The third kappa shape index (κ3) is 4.18. The normalized spacial score (nSPS) is 15.1. The van der Waals surface area contributed by atoms with Crippen LogP contribution in [0.25, 0.3) is 11.1 Å². The zero-order chi connectivity index (χ0) is 18.2. The molecule has 1 atom stereocenters. The number of nitrogens with zero attached hydrogens (tertiary/aromatic N) is 1. The van der Waals surface area contributed by atoms with E-state index in [1.165, 1.54) is 22.3 Å². The quantitative estimate of drug-likeness (QED) is 0.605. The largest absolute Gasteiger partial charge is 0.374 e. The summed E-state index contributed by atoms with van der Waals surface area (Å²) in [5.74, 6) is 0. The lowest BCUT2D eigenvalue weighted by Gasteiger charge is -2.12. The summed E-state index contributed by atoms with van der Waals surface area (Å²) in [5.41, 5.74) is 5.98. The molecule has 0 radical (unpaired) electrons. The van der Waals surface area contributed by atoms with Crippen LogP contribution < -0.4 is 0 Å². The van der Waals surface area contributed by atoms with E-state index < -0.39 is 0 Å². The fourth-order valence-corrected chi connectivity index (χ4v) is 3.13. The lowest BCUT2D eigenvalue weighted by Crippen LogP contribution is -2.06. The molecule has 0 fully saturated rings. The van der Waals surface area contributed by atoms with Crippen molar-refractivity contribution in [3.05, 3.63) is 89.7 Å². The average Bonchev–Trinajstić information content (AvgIpc) is 3.14. The molecule has 1 aliphatic rings. The van der Waals surface area contributed by atoms with Crippen molar-refractivity contribution in [2.45, 2.75) is 33.2 Å². The summed E-state index contributed by atoms with van der Waals surface area (Å²) < 4.78 is 11.8. The molecule has 3 nitrogen and oxygen atoms in total. The van der Waals surface area contributed by atoms with Crippen molar-refractivity contribution in [1.82, 2.24) is 4.98 Å². The number of pyridine rings is 1. The van der Waals surface area contributed by atoms with Gasteiger partial charge in [0.2, 0.25) is 0 Å². The third-order valence-corrected chi connectivity index (χ3v) is 4.34. The number of benzene rings is 2. The lowest BCUT2D eigenvalue weighted by atomic mass is 9.96. The van der Waals surface area contributed by atoms with Crippen LogP contribution in [0.4, 0.5) is 0 Å². The van der Waals surface area contributed by atoms with Crippen LogP contribution in [0.5, 0.6) is 0 Å². The highest BCUT2D eigenvalue weighted by atomic mass is 16.5. The standard InChI is InChI=1S/C21H19NO2.C2H6/c1-2-6-16(7-3-1)13-23-15-21-19-10-4-9-18(20(19)14-24-21)17-8-5-11-22-12-17;1-2/h1-12,21H,13-15H2;1-2H3. The molecule has 1 aliphatic heterocycles. The fourth-order valence-electron chi connectivity index (χ4n) is 3.13. The predicted octanol–water partition coefficient (Wildman–Crippen LogP) is 5.56. The zero-order valence-electron chi connectivity index (χ0n) is 15.4. The molecule has 0 spiro atoms. The second-order valence-corrected chi connectivity index (χ2v) is 5.92. The summed E-state index contributed by atoms with van der Waals surface area (Å²) in [5, 5.41) is 0. The van der Waals surface area contributed by atoms with Gasteiger partial charge >= 0.3 is 0 Å². The Hall–Kier alpha value is -2.49. The molecule has 2 aromatic carbocycles. The van der Waals surface area contributed by atoms with E-state index in [1.807, 2.05) is 44.3 Å². The maximum Gasteiger partial charge on any atom is 0.107 e. The summed E-state index contributed by atoms with van der Waals surface area (Å²) in [6.07, 6.45) is 3.69. The molecule has 4 rings (SSSR count). The van der Waals surface area contributed by atoms with Crippen molar-refractivity contribution in [3.8, 4) is 11.1 Å². The van der Waals surface area contributed by atoms with Gasteiger partial charge in [-0.1, -0.05) is 68.4 Å². The Bertz CT molecular complexity index is 803. The number of ether oxygens (including phenoxy) is 2. The number of hydrogen-bond donors (Lipinski definition) is 0. The topological polar surface area (TPSA) is 31.4 Å². The highest BCUT2D eigenvalue weighted by molar-refractivity contribution is 5.68. The van der Waals surface area contributed by atoms with E-state index in [0.29, 0.717) is 19.8 Å². The van der Waals surface area contributed by atoms with Crippen molar-refractivity contribution < 1.29 is 9.47 Å². The maximum atomic E-state index is 5.98. The molecule has 0 saturated carbocycles.